The minimum absolute atomic E-state index is 0.126. The molecule has 0 unspecified atom stereocenters. The van der Waals surface area contributed by atoms with Gasteiger partial charge in [-0.2, -0.15) is 18.3 Å². The summed E-state index contributed by atoms with van der Waals surface area (Å²) in [6.45, 7) is 0.258. The largest absolute Gasteiger partial charge is 0.478 e. The third-order valence-electron chi connectivity index (χ3n) is 3.64. The molecule has 3 aromatic rings. The summed E-state index contributed by atoms with van der Waals surface area (Å²) in [5.74, 6) is -1.05. The van der Waals surface area contributed by atoms with Gasteiger partial charge in [-0.25, -0.2) is 9.78 Å². The number of halogens is 4. The van der Waals surface area contributed by atoms with E-state index in [-0.39, 0.29) is 11.4 Å². The summed E-state index contributed by atoms with van der Waals surface area (Å²) in [6, 6.07) is 8.04. The van der Waals surface area contributed by atoms with Crippen molar-refractivity contribution >= 4 is 23.3 Å². The highest BCUT2D eigenvalue weighted by atomic mass is 35.5. The number of carboxylic acid groups (broad SMARTS) is 1. The van der Waals surface area contributed by atoms with E-state index in [2.05, 4.69) is 10.1 Å². The average molecular weight is 443 g/mol. The van der Waals surface area contributed by atoms with Gasteiger partial charge in [-0.15, -0.1) is 0 Å². The van der Waals surface area contributed by atoms with Crippen LogP contribution in [0.4, 0.5) is 18.9 Å². The zero-order valence-corrected chi connectivity index (χ0v) is 16.7. The van der Waals surface area contributed by atoms with Crippen molar-refractivity contribution in [1.82, 2.24) is 14.8 Å². The number of carbonyl (C=O) groups is 1. The number of alkyl halides is 3. The molecule has 0 aliphatic rings. The molecular formula is C19H18ClF3N4O3. The lowest BCUT2D eigenvalue weighted by Gasteiger charge is -2.12. The SMILES string of the molecule is Cc1nn(C)cc1C(=O)O.Nc1cnc(OCC(F)(F)F)c(-c2ccc(Cl)cc2)c1. The second-order valence-corrected chi connectivity index (χ2v) is 6.58. The lowest BCUT2D eigenvalue weighted by atomic mass is 10.1. The fourth-order valence-corrected chi connectivity index (χ4v) is 2.51. The van der Waals surface area contributed by atoms with Crippen LogP contribution in [0, 0.1) is 6.92 Å². The predicted octanol–water partition coefficient (Wildman–Crippen LogP) is 4.35. The number of carboxylic acids is 1. The Hall–Kier alpha value is -3.27. The van der Waals surface area contributed by atoms with Gasteiger partial charge in [-0.3, -0.25) is 4.68 Å². The zero-order valence-electron chi connectivity index (χ0n) is 15.9. The summed E-state index contributed by atoms with van der Waals surface area (Å²) in [4.78, 5) is 14.2. The van der Waals surface area contributed by atoms with E-state index in [0.29, 0.717) is 27.5 Å². The van der Waals surface area contributed by atoms with Crippen LogP contribution in [0.25, 0.3) is 11.1 Å². The predicted molar refractivity (Wildman–Crippen MR) is 106 cm³/mol. The quantitative estimate of drug-likeness (QED) is 0.622. The Balaban J connectivity index is 0.000000269. The molecule has 11 heteroatoms. The molecule has 160 valence electrons. The topological polar surface area (TPSA) is 103 Å². The van der Waals surface area contributed by atoms with Gasteiger partial charge in [-0.1, -0.05) is 23.7 Å². The van der Waals surface area contributed by atoms with E-state index in [4.69, 9.17) is 27.2 Å². The second kappa shape index (κ2) is 9.49. The number of pyridine rings is 1. The number of aromatic nitrogens is 3. The normalized spacial score (nSPS) is 10.9. The van der Waals surface area contributed by atoms with Crippen LogP contribution in [0.15, 0.2) is 42.7 Å². The molecule has 0 spiro atoms. The lowest BCUT2D eigenvalue weighted by molar-refractivity contribution is -0.154. The van der Waals surface area contributed by atoms with Crippen molar-refractivity contribution in [2.75, 3.05) is 12.3 Å². The fourth-order valence-electron chi connectivity index (χ4n) is 2.38. The molecular weight excluding hydrogens is 425 g/mol. The maximum atomic E-state index is 12.2. The van der Waals surface area contributed by atoms with Gasteiger partial charge in [0.15, 0.2) is 6.61 Å². The number of hydrogen-bond acceptors (Lipinski definition) is 5. The highest BCUT2D eigenvalue weighted by Crippen LogP contribution is 2.31. The Labute approximate surface area is 174 Å². The van der Waals surface area contributed by atoms with Crippen LogP contribution in [0.5, 0.6) is 5.88 Å². The van der Waals surface area contributed by atoms with Crippen molar-refractivity contribution in [3.05, 3.63) is 59.0 Å². The maximum absolute atomic E-state index is 12.2. The molecule has 0 atom stereocenters. The lowest BCUT2D eigenvalue weighted by Crippen LogP contribution is -2.20. The van der Waals surface area contributed by atoms with Crippen LogP contribution >= 0.6 is 11.6 Å². The molecule has 3 rings (SSSR count). The first-order chi connectivity index (χ1) is 14.0. The number of rotatable bonds is 4. The van der Waals surface area contributed by atoms with E-state index in [1.54, 1.807) is 38.2 Å². The number of anilines is 1. The summed E-state index contributed by atoms with van der Waals surface area (Å²) in [5.41, 5.74) is 7.75. The van der Waals surface area contributed by atoms with Gasteiger partial charge in [-0.05, 0) is 30.7 Å². The van der Waals surface area contributed by atoms with Gasteiger partial charge in [0.25, 0.3) is 0 Å². The molecule has 3 N–H and O–H groups in total. The molecule has 0 aliphatic heterocycles. The van der Waals surface area contributed by atoms with E-state index < -0.39 is 18.8 Å². The molecule has 2 heterocycles. The van der Waals surface area contributed by atoms with Gasteiger partial charge in [0, 0.05) is 23.8 Å². The number of nitrogens with two attached hydrogens (primary N) is 1. The summed E-state index contributed by atoms with van der Waals surface area (Å²) in [6.07, 6.45) is -1.71. The smallest absolute Gasteiger partial charge is 0.422 e. The molecule has 7 nitrogen and oxygen atoms in total. The van der Waals surface area contributed by atoms with Crippen LogP contribution in [0.1, 0.15) is 16.1 Å². The molecule has 0 bridgehead atoms. The van der Waals surface area contributed by atoms with Crippen molar-refractivity contribution in [2.45, 2.75) is 13.1 Å². The molecule has 1 aromatic carbocycles. The minimum atomic E-state index is -4.43. The number of aromatic carboxylic acids is 1. The molecule has 2 aromatic heterocycles. The van der Waals surface area contributed by atoms with Crippen molar-refractivity contribution in [3.8, 4) is 17.0 Å². The number of aryl methyl sites for hydroxylation is 2. The molecule has 0 fully saturated rings. The van der Waals surface area contributed by atoms with E-state index in [9.17, 15) is 18.0 Å². The monoisotopic (exact) mass is 442 g/mol. The average Bonchev–Trinajstić information content (AvgIpc) is 3.00. The third kappa shape index (κ3) is 6.66. The number of nitrogen functional groups attached to an aromatic ring is 1. The van der Waals surface area contributed by atoms with E-state index >= 15 is 0 Å². The Bertz CT molecular complexity index is 1020. The Kier molecular flexibility index (Phi) is 7.28. The van der Waals surface area contributed by atoms with Gasteiger partial charge in [0.1, 0.15) is 5.56 Å². The van der Waals surface area contributed by atoms with Crippen LogP contribution in [-0.4, -0.2) is 38.6 Å². The summed E-state index contributed by atoms with van der Waals surface area (Å²) >= 11 is 5.77. The molecule has 0 aliphatic carbocycles. The Morgan fingerprint density at radius 2 is 1.93 bits per heavy atom. The third-order valence-corrected chi connectivity index (χ3v) is 3.90. The second-order valence-electron chi connectivity index (χ2n) is 6.14. The van der Waals surface area contributed by atoms with Crippen LogP contribution in [-0.2, 0) is 7.05 Å². The van der Waals surface area contributed by atoms with Crippen LogP contribution < -0.4 is 10.5 Å². The standard InChI is InChI=1S/C13H10ClF3N2O.C6H8N2O2/c14-9-3-1-8(2-4-9)11-5-10(18)6-19-12(11)20-7-13(15,16)17;1-4-5(6(9)10)3-8(2)7-4/h1-6H,7,18H2;3H,1-2H3,(H,9,10). The number of benzene rings is 1. The highest BCUT2D eigenvalue weighted by molar-refractivity contribution is 6.30. The Morgan fingerprint density at radius 3 is 2.40 bits per heavy atom. The zero-order chi connectivity index (χ0) is 22.5. The first kappa shape index (κ1) is 23.0. The van der Waals surface area contributed by atoms with E-state index in [1.165, 1.54) is 23.1 Å². The van der Waals surface area contributed by atoms with Gasteiger partial charge >= 0.3 is 12.1 Å². The molecule has 0 amide bonds. The number of nitrogens with zero attached hydrogens (tertiary/aromatic N) is 3. The summed E-state index contributed by atoms with van der Waals surface area (Å²) < 4.78 is 42.8. The van der Waals surface area contributed by atoms with Crippen molar-refractivity contribution in [3.63, 3.8) is 0 Å². The van der Waals surface area contributed by atoms with Crippen LogP contribution in [0.3, 0.4) is 0 Å². The molecule has 0 radical (unpaired) electrons. The Morgan fingerprint density at radius 1 is 1.30 bits per heavy atom. The van der Waals surface area contributed by atoms with Gasteiger partial charge in [0.2, 0.25) is 5.88 Å². The van der Waals surface area contributed by atoms with Crippen LogP contribution in [0.2, 0.25) is 5.02 Å². The summed E-state index contributed by atoms with van der Waals surface area (Å²) in [7, 11) is 1.69. The molecule has 30 heavy (non-hydrogen) atoms. The van der Waals surface area contributed by atoms with E-state index in [0.717, 1.165) is 0 Å². The first-order valence-corrected chi connectivity index (χ1v) is 8.78. The summed E-state index contributed by atoms with van der Waals surface area (Å²) in [5, 5.41) is 12.9. The molecule has 0 saturated heterocycles. The van der Waals surface area contributed by atoms with Crippen molar-refractivity contribution < 1.29 is 27.8 Å². The van der Waals surface area contributed by atoms with Crippen molar-refractivity contribution in [1.29, 1.82) is 0 Å². The van der Waals surface area contributed by atoms with E-state index in [1.807, 2.05) is 0 Å². The van der Waals surface area contributed by atoms with Gasteiger partial charge < -0.3 is 15.6 Å². The fraction of sp³-hybridized carbons (Fsp3) is 0.211. The minimum Gasteiger partial charge on any atom is -0.478 e. The van der Waals surface area contributed by atoms with Crippen molar-refractivity contribution in [2.24, 2.45) is 7.05 Å². The maximum Gasteiger partial charge on any atom is 0.422 e. The highest BCUT2D eigenvalue weighted by Gasteiger charge is 2.29. The number of hydrogen-bond donors (Lipinski definition) is 2. The first-order valence-electron chi connectivity index (χ1n) is 8.41. The van der Waals surface area contributed by atoms with Gasteiger partial charge in [0.05, 0.1) is 17.6 Å². The number of ether oxygens (including phenoxy) is 1. The molecule has 0 saturated carbocycles.